The zero-order valence-corrected chi connectivity index (χ0v) is 12.4. The highest BCUT2D eigenvalue weighted by Gasteiger charge is 2.33. The molecule has 0 heterocycles. The number of nitrogens with zero attached hydrogens (tertiary/aromatic N) is 1. The molecule has 0 aliphatic carbocycles. The molecular formula is C15H11ClFNO2S. The maximum atomic E-state index is 13.2. The molecule has 0 radical (unpaired) electrons. The van der Waals surface area contributed by atoms with Crippen LogP contribution in [0.3, 0.4) is 0 Å². The van der Waals surface area contributed by atoms with Gasteiger partial charge in [-0.3, -0.25) is 4.85 Å². The van der Waals surface area contributed by atoms with E-state index in [1.165, 1.54) is 12.1 Å². The van der Waals surface area contributed by atoms with Crippen molar-refractivity contribution in [1.82, 2.24) is 0 Å². The molecule has 108 valence electrons. The Kier molecular flexibility index (Phi) is 4.61. The summed E-state index contributed by atoms with van der Waals surface area (Å²) in [7, 11) is -3.74. The monoisotopic (exact) mass is 323 g/mol. The van der Waals surface area contributed by atoms with Crippen LogP contribution >= 0.6 is 11.6 Å². The molecule has 1 atom stereocenters. The van der Waals surface area contributed by atoms with Gasteiger partial charge in [-0.2, -0.15) is 0 Å². The molecule has 2 aromatic rings. The van der Waals surface area contributed by atoms with Gasteiger partial charge < -0.3 is 0 Å². The Balaban J connectivity index is 2.36. The van der Waals surface area contributed by atoms with Crippen molar-refractivity contribution in [2.45, 2.75) is 11.1 Å². The molecule has 0 fully saturated rings. The van der Waals surface area contributed by atoms with Gasteiger partial charge in [-0.15, -0.1) is 0 Å². The highest BCUT2D eigenvalue weighted by atomic mass is 35.5. The Morgan fingerprint density at radius 3 is 2.43 bits per heavy atom. The minimum Gasteiger partial charge on any atom is -0.291 e. The normalized spacial score (nSPS) is 12.6. The third kappa shape index (κ3) is 3.60. The fourth-order valence-electron chi connectivity index (χ4n) is 1.91. The summed E-state index contributed by atoms with van der Waals surface area (Å²) in [5.41, 5.74) is 0.770. The summed E-state index contributed by atoms with van der Waals surface area (Å²) in [4.78, 5) is 3.18. The second-order valence-corrected chi connectivity index (χ2v) is 6.92. The largest absolute Gasteiger partial charge is 0.346 e. The van der Waals surface area contributed by atoms with Crippen LogP contribution < -0.4 is 0 Å². The molecule has 2 aromatic carbocycles. The minimum atomic E-state index is -3.74. The van der Waals surface area contributed by atoms with Gasteiger partial charge in [0.15, 0.2) is 0 Å². The lowest BCUT2D eigenvalue weighted by molar-refractivity contribution is 0.588. The van der Waals surface area contributed by atoms with E-state index in [2.05, 4.69) is 4.85 Å². The van der Waals surface area contributed by atoms with Crippen LogP contribution in [-0.2, 0) is 15.6 Å². The lowest BCUT2D eigenvalue weighted by Gasteiger charge is -2.08. The fourth-order valence-corrected chi connectivity index (χ4v) is 3.64. The van der Waals surface area contributed by atoms with Crippen LogP contribution in [0, 0.1) is 12.4 Å². The first-order chi connectivity index (χ1) is 9.94. The van der Waals surface area contributed by atoms with Crippen LogP contribution in [0.1, 0.15) is 16.5 Å². The van der Waals surface area contributed by atoms with Crippen LogP contribution in [0.25, 0.3) is 4.85 Å². The smallest absolute Gasteiger partial charge is 0.291 e. The average Bonchev–Trinajstić information content (AvgIpc) is 2.44. The average molecular weight is 324 g/mol. The van der Waals surface area contributed by atoms with Gasteiger partial charge >= 0.3 is 5.37 Å². The van der Waals surface area contributed by atoms with E-state index in [1.807, 2.05) is 0 Å². The molecule has 0 saturated heterocycles. The van der Waals surface area contributed by atoms with Crippen LogP contribution in [-0.4, -0.2) is 8.42 Å². The number of rotatable bonds is 4. The summed E-state index contributed by atoms with van der Waals surface area (Å²) in [6, 6.07) is 12.1. The predicted octanol–water partition coefficient (Wildman–Crippen LogP) is 4.01. The van der Waals surface area contributed by atoms with Gasteiger partial charge in [0, 0.05) is 0 Å². The third-order valence-electron chi connectivity index (χ3n) is 2.90. The lowest BCUT2D eigenvalue weighted by atomic mass is 10.2. The molecule has 0 N–H and O–H groups in total. The highest BCUT2D eigenvalue weighted by molar-refractivity contribution is 7.91. The lowest BCUT2D eigenvalue weighted by Crippen LogP contribution is -2.13. The van der Waals surface area contributed by atoms with Gasteiger partial charge in [-0.1, -0.05) is 41.9 Å². The fraction of sp³-hybridized carbons (Fsp3) is 0.133. The SMILES string of the molecule is [C-]#[N+]C(c1ccc(F)c(Cl)c1)S(=O)(=O)Cc1ccccc1. The predicted molar refractivity (Wildman–Crippen MR) is 79.8 cm³/mol. The highest BCUT2D eigenvalue weighted by Crippen LogP contribution is 2.29. The van der Waals surface area contributed by atoms with Crippen LogP contribution in [0.15, 0.2) is 48.5 Å². The maximum absolute atomic E-state index is 13.2. The van der Waals surface area contributed by atoms with Crippen molar-refractivity contribution < 1.29 is 12.8 Å². The summed E-state index contributed by atoms with van der Waals surface area (Å²) in [5.74, 6) is -0.903. The van der Waals surface area contributed by atoms with E-state index in [1.54, 1.807) is 30.3 Å². The Labute approximate surface area is 127 Å². The standard InChI is InChI=1S/C15H11ClFNO2S/c1-18-15(12-7-8-14(17)13(16)9-12)21(19,20)10-11-5-3-2-4-6-11/h2-9,15H,10H2. The topological polar surface area (TPSA) is 38.5 Å². The Morgan fingerprint density at radius 2 is 1.86 bits per heavy atom. The molecular weight excluding hydrogens is 313 g/mol. The van der Waals surface area contributed by atoms with E-state index in [0.29, 0.717) is 5.56 Å². The van der Waals surface area contributed by atoms with Crippen molar-refractivity contribution in [2.75, 3.05) is 0 Å². The van der Waals surface area contributed by atoms with E-state index < -0.39 is 21.0 Å². The molecule has 0 spiro atoms. The first-order valence-electron chi connectivity index (χ1n) is 6.01. The van der Waals surface area contributed by atoms with Crippen molar-refractivity contribution >= 4 is 21.4 Å². The summed E-state index contributed by atoms with van der Waals surface area (Å²) in [6.07, 6.45) is 0. The van der Waals surface area contributed by atoms with Crippen molar-refractivity contribution in [1.29, 1.82) is 0 Å². The summed E-state index contributed by atoms with van der Waals surface area (Å²) in [6.45, 7) is 7.15. The van der Waals surface area contributed by atoms with E-state index in [0.717, 1.165) is 6.07 Å². The number of halogens is 2. The summed E-state index contributed by atoms with van der Waals surface area (Å²) < 4.78 is 37.9. The van der Waals surface area contributed by atoms with Gasteiger partial charge in [-0.05, 0) is 23.8 Å². The quantitative estimate of drug-likeness (QED) is 0.797. The Hall–Kier alpha value is -1.90. The minimum absolute atomic E-state index is 0.173. The van der Waals surface area contributed by atoms with Crippen molar-refractivity contribution in [3.05, 3.63) is 81.9 Å². The Morgan fingerprint density at radius 1 is 1.19 bits per heavy atom. The van der Waals surface area contributed by atoms with Crippen LogP contribution in [0.4, 0.5) is 4.39 Å². The van der Waals surface area contributed by atoms with Crippen LogP contribution in [0.5, 0.6) is 0 Å². The first-order valence-corrected chi connectivity index (χ1v) is 8.10. The molecule has 0 aromatic heterocycles. The van der Waals surface area contributed by atoms with E-state index in [9.17, 15) is 12.8 Å². The molecule has 3 nitrogen and oxygen atoms in total. The zero-order chi connectivity index (χ0) is 15.5. The number of sulfone groups is 1. The van der Waals surface area contributed by atoms with Crippen molar-refractivity contribution in [3.63, 3.8) is 0 Å². The molecule has 0 saturated carbocycles. The summed E-state index contributed by atoms with van der Waals surface area (Å²) in [5, 5.41) is -1.59. The van der Waals surface area contributed by atoms with Gasteiger partial charge in [0.1, 0.15) is 5.82 Å². The maximum Gasteiger partial charge on any atom is 0.346 e. The van der Waals surface area contributed by atoms with E-state index in [-0.39, 0.29) is 16.3 Å². The number of hydrogen-bond donors (Lipinski definition) is 0. The molecule has 0 aliphatic rings. The molecule has 2 rings (SSSR count). The Bertz CT molecular complexity index is 785. The van der Waals surface area contributed by atoms with Crippen LogP contribution in [0.2, 0.25) is 5.02 Å². The second kappa shape index (κ2) is 6.25. The van der Waals surface area contributed by atoms with Crippen molar-refractivity contribution in [3.8, 4) is 0 Å². The van der Waals surface area contributed by atoms with Gasteiger partial charge in [0.05, 0.1) is 16.3 Å². The molecule has 21 heavy (non-hydrogen) atoms. The van der Waals surface area contributed by atoms with Crippen molar-refractivity contribution in [2.24, 2.45) is 0 Å². The number of benzene rings is 2. The van der Waals surface area contributed by atoms with Gasteiger partial charge in [0.2, 0.25) is 9.84 Å². The third-order valence-corrected chi connectivity index (χ3v) is 4.98. The van der Waals surface area contributed by atoms with Gasteiger partial charge in [-0.25, -0.2) is 19.4 Å². The molecule has 1 unspecified atom stereocenters. The molecule has 0 aliphatic heterocycles. The zero-order valence-electron chi connectivity index (χ0n) is 10.8. The first kappa shape index (κ1) is 15.5. The molecule has 0 amide bonds. The van der Waals surface area contributed by atoms with Gasteiger partial charge in [0.25, 0.3) is 0 Å². The van der Waals surface area contributed by atoms with E-state index in [4.69, 9.17) is 18.2 Å². The molecule has 6 heteroatoms. The van der Waals surface area contributed by atoms with E-state index >= 15 is 0 Å². The molecule has 0 bridgehead atoms. The second-order valence-electron chi connectivity index (χ2n) is 4.45. The summed E-state index contributed by atoms with van der Waals surface area (Å²) >= 11 is 5.65. The number of hydrogen-bond acceptors (Lipinski definition) is 2.